The van der Waals surface area contributed by atoms with E-state index in [2.05, 4.69) is 5.10 Å². The highest BCUT2D eigenvalue weighted by Crippen LogP contribution is 2.25. The van der Waals surface area contributed by atoms with Crippen LogP contribution in [0, 0.1) is 0 Å². The van der Waals surface area contributed by atoms with Gasteiger partial charge in [-0.15, -0.1) is 0 Å². The van der Waals surface area contributed by atoms with E-state index < -0.39 is 0 Å². The number of nitrogens with zero attached hydrogens (tertiary/aromatic N) is 2. The molecule has 0 radical (unpaired) electrons. The number of aromatic nitrogens is 2. The summed E-state index contributed by atoms with van der Waals surface area (Å²) in [6.07, 6.45) is 0. The minimum atomic E-state index is -0.0121. The molecule has 4 nitrogen and oxygen atoms in total. The summed E-state index contributed by atoms with van der Waals surface area (Å²) in [5, 5.41) is 14.8. The number of hydrogen-bond acceptors (Lipinski definition) is 3. The van der Waals surface area contributed by atoms with Crippen LogP contribution in [-0.2, 0) is 6.61 Å². The molecule has 0 bridgehead atoms. The van der Waals surface area contributed by atoms with Crippen molar-refractivity contribution in [3.8, 4) is 5.75 Å². The molecule has 0 amide bonds. The molecule has 0 saturated carbocycles. The first-order valence-electron chi connectivity index (χ1n) is 5.33. The van der Waals surface area contributed by atoms with E-state index in [9.17, 15) is 5.11 Å². The Hall–Kier alpha value is -1.55. The molecule has 1 N–H and O–H groups in total. The third-order valence-corrected chi connectivity index (χ3v) is 2.65. The van der Waals surface area contributed by atoms with Crippen LogP contribution >= 0.6 is 0 Å². The van der Waals surface area contributed by atoms with Gasteiger partial charge in [-0.1, -0.05) is 0 Å². The van der Waals surface area contributed by atoms with Gasteiger partial charge in [0.1, 0.15) is 5.75 Å². The van der Waals surface area contributed by atoms with E-state index in [0.29, 0.717) is 0 Å². The first-order valence-corrected chi connectivity index (χ1v) is 5.33. The van der Waals surface area contributed by atoms with Crippen LogP contribution in [0.3, 0.4) is 0 Å². The average Bonchev–Trinajstić information content (AvgIpc) is 2.66. The minimum absolute atomic E-state index is 0.0121. The molecular formula is C12H16N2O2. The fraction of sp³-hybridized carbons (Fsp3) is 0.417. The van der Waals surface area contributed by atoms with E-state index in [1.54, 1.807) is 7.11 Å². The molecule has 2 aromatic rings. The van der Waals surface area contributed by atoms with E-state index in [-0.39, 0.29) is 12.6 Å². The van der Waals surface area contributed by atoms with E-state index in [1.165, 1.54) is 0 Å². The Morgan fingerprint density at radius 1 is 1.44 bits per heavy atom. The van der Waals surface area contributed by atoms with Crippen molar-refractivity contribution in [2.75, 3.05) is 7.11 Å². The number of methoxy groups -OCH3 is 1. The molecule has 4 heteroatoms. The lowest BCUT2D eigenvalue weighted by molar-refractivity contribution is 0.266. The van der Waals surface area contributed by atoms with E-state index >= 15 is 0 Å². The van der Waals surface area contributed by atoms with Gasteiger partial charge in [-0.25, -0.2) is 0 Å². The second-order valence-corrected chi connectivity index (χ2v) is 4.03. The Labute approximate surface area is 94.5 Å². The highest BCUT2D eigenvalue weighted by atomic mass is 16.5. The van der Waals surface area contributed by atoms with Crippen molar-refractivity contribution in [1.29, 1.82) is 0 Å². The SMILES string of the molecule is COc1ccc2nn(C(C)C)c(CO)c2c1. The topological polar surface area (TPSA) is 47.3 Å². The lowest BCUT2D eigenvalue weighted by atomic mass is 10.2. The first-order chi connectivity index (χ1) is 7.67. The Balaban J connectivity index is 2.68. The van der Waals surface area contributed by atoms with Crippen LogP contribution in [0.4, 0.5) is 0 Å². The molecule has 0 aliphatic rings. The zero-order valence-electron chi connectivity index (χ0n) is 9.77. The van der Waals surface area contributed by atoms with Crippen LogP contribution in [0.5, 0.6) is 5.75 Å². The lowest BCUT2D eigenvalue weighted by Crippen LogP contribution is -2.07. The van der Waals surface area contributed by atoms with Crippen molar-refractivity contribution < 1.29 is 9.84 Å². The molecule has 16 heavy (non-hydrogen) atoms. The molecule has 2 rings (SSSR count). The van der Waals surface area contributed by atoms with E-state index in [1.807, 2.05) is 36.7 Å². The highest BCUT2D eigenvalue weighted by Gasteiger charge is 2.12. The third kappa shape index (κ3) is 1.65. The molecule has 0 fully saturated rings. The second-order valence-electron chi connectivity index (χ2n) is 4.03. The maximum absolute atomic E-state index is 9.42. The summed E-state index contributed by atoms with van der Waals surface area (Å²) in [5.41, 5.74) is 1.72. The molecule has 0 aliphatic carbocycles. The molecule has 1 heterocycles. The van der Waals surface area contributed by atoms with Crippen molar-refractivity contribution in [3.63, 3.8) is 0 Å². The molecule has 86 valence electrons. The fourth-order valence-corrected chi connectivity index (χ4v) is 1.85. The quantitative estimate of drug-likeness (QED) is 0.861. The Bertz CT molecular complexity index is 503. The number of rotatable bonds is 3. The minimum Gasteiger partial charge on any atom is -0.497 e. The van der Waals surface area contributed by atoms with Crippen LogP contribution in [0.15, 0.2) is 18.2 Å². The second kappa shape index (κ2) is 4.14. The molecule has 0 atom stereocenters. The fourth-order valence-electron chi connectivity index (χ4n) is 1.85. The van der Waals surface area contributed by atoms with Crippen LogP contribution in [0.2, 0.25) is 0 Å². The smallest absolute Gasteiger partial charge is 0.119 e. The molecule has 0 saturated heterocycles. The van der Waals surface area contributed by atoms with Crippen LogP contribution in [0.25, 0.3) is 10.9 Å². The van der Waals surface area contributed by atoms with Gasteiger partial charge in [0, 0.05) is 11.4 Å². The predicted octanol–water partition coefficient (Wildman–Crippen LogP) is 2.12. The van der Waals surface area contributed by atoms with Crippen molar-refractivity contribution in [2.45, 2.75) is 26.5 Å². The number of ether oxygens (including phenoxy) is 1. The number of hydrogen-bond donors (Lipinski definition) is 1. The molecule has 0 spiro atoms. The van der Waals surface area contributed by atoms with Gasteiger partial charge < -0.3 is 9.84 Å². The van der Waals surface area contributed by atoms with Gasteiger partial charge in [0.2, 0.25) is 0 Å². The number of fused-ring (bicyclic) bond motifs is 1. The van der Waals surface area contributed by atoms with Gasteiger partial charge in [0.25, 0.3) is 0 Å². The van der Waals surface area contributed by atoms with Gasteiger partial charge in [-0.3, -0.25) is 4.68 Å². The number of aliphatic hydroxyl groups is 1. The van der Waals surface area contributed by atoms with Gasteiger partial charge in [-0.2, -0.15) is 5.10 Å². The monoisotopic (exact) mass is 220 g/mol. The standard InChI is InChI=1S/C12H16N2O2/c1-8(2)14-12(7-15)10-6-9(16-3)4-5-11(10)13-14/h4-6,8,15H,7H2,1-3H3. The summed E-state index contributed by atoms with van der Waals surface area (Å²) in [6.45, 7) is 4.08. The van der Waals surface area contributed by atoms with Crippen LogP contribution in [0.1, 0.15) is 25.6 Å². The van der Waals surface area contributed by atoms with E-state index in [4.69, 9.17) is 4.74 Å². The van der Waals surface area contributed by atoms with Gasteiger partial charge in [-0.05, 0) is 32.0 Å². The van der Waals surface area contributed by atoms with E-state index in [0.717, 1.165) is 22.3 Å². The van der Waals surface area contributed by atoms with Crippen LogP contribution in [-0.4, -0.2) is 22.0 Å². The third-order valence-electron chi connectivity index (χ3n) is 2.65. The van der Waals surface area contributed by atoms with Crippen LogP contribution < -0.4 is 4.74 Å². The lowest BCUT2D eigenvalue weighted by Gasteiger charge is -2.08. The predicted molar refractivity (Wildman–Crippen MR) is 62.6 cm³/mol. The summed E-state index contributed by atoms with van der Waals surface area (Å²) >= 11 is 0. The van der Waals surface area contributed by atoms with Crippen molar-refractivity contribution in [1.82, 2.24) is 9.78 Å². The summed E-state index contributed by atoms with van der Waals surface area (Å²) < 4.78 is 7.02. The van der Waals surface area contributed by atoms with Crippen molar-refractivity contribution >= 4 is 10.9 Å². The molecule has 1 aromatic carbocycles. The summed E-state index contributed by atoms with van der Waals surface area (Å²) in [6, 6.07) is 5.93. The van der Waals surface area contributed by atoms with Crippen molar-refractivity contribution in [3.05, 3.63) is 23.9 Å². The zero-order chi connectivity index (χ0) is 11.7. The molecule has 0 aliphatic heterocycles. The largest absolute Gasteiger partial charge is 0.497 e. The number of aliphatic hydroxyl groups excluding tert-OH is 1. The number of benzene rings is 1. The van der Waals surface area contributed by atoms with Gasteiger partial charge in [0.15, 0.2) is 0 Å². The summed E-state index contributed by atoms with van der Waals surface area (Å²) in [7, 11) is 1.63. The molecular weight excluding hydrogens is 204 g/mol. The summed E-state index contributed by atoms with van der Waals surface area (Å²) in [5.74, 6) is 0.783. The Morgan fingerprint density at radius 3 is 2.75 bits per heavy atom. The van der Waals surface area contributed by atoms with Gasteiger partial charge in [0.05, 0.1) is 24.9 Å². The maximum atomic E-state index is 9.42. The Kier molecular flexibility index (Phi) is 2.83. The Morgan fingerprint density at radius 2 is 2.19 bits per heavy atom. The maximum Gasteiger partial charge on any atom is 0.119 e. The zero-order valence-corrected chi connectivity index (χ0v) is 9.77. The average molecular weight is 220 g/mol. The summed E-state index contributed by atoms with van der Waals surface area (Å²) in [4.78, 5) is 0. The highest BCUT2D eigenvalue weighted by molar-refractivity contribution is 5.83. The normalized spacial score (nSPS) is 11.3. The van der Waals surface area contributed by atoms with Crippen molar-refractivity contribution in [2.24, 2.45) is 0 Å². The first kappa shape index (κ1) is 11.0. The molecule has 0 unspecified atom stereocenters. The van der Waals surface area contributed by atoms with Gasteiger partial charge >= 0.3 is 0 Å². The molecule has 1 aromatic heterocycles.